The number of fused-ring (bicyclic) bond motifs is 2. The lowest BCUT2D eigenvalue weighted by atomic mass is 9.83. The Morgan fingerprint density at radius 2 is 1.93 bits per heavy atom. The number of alkyl halides is 2. The fourth-order valence-corrected chi connectivity index (χ4v) is 7.85. The number of rotatable bonds is 6. The highest BCUT2D eigenvalue weighted by atomic mass is 32.1. The van der Waals surface area contributed by atoms with Crippen molar-refractivity contribution in [1.29, 1.82) is 0 Å². The molecular formula is C30H36F2N4O4SSi. The molecule has 4 heterocycles. The predicted octanol–water partition coefficient (Wildman–Crippen LogP) is 6.80. The van der Waals surface area contributed by atoms with Gasteiger partial charge in [-0.2, -0.15) is 0 Å². The summed E-state index contributed by atoms with van der Waals surface area (Å²) in [4.78, 5) is 32.2. The van der Waals surface area contributed by atoms with Gasteiger partial charge in [0.1, 0.15) is 11.5 Å². The summed E-state index contributed by atoms with van der Waals surface area (Å²) in [5.74, 6) is -2.41. The summed E-state index contributed by atoms with van der Waals surface area (Å²) in [6.07, 6.45) is 0.653. The molecule has 1 fully saturated rings. The number of nitrogens with one attached hydrogen (secondary N) is 1. The van der Waals surface area contributed by atoms with E-state index in [4.69, 9.17) is 9.16 Å². The first kappa shape index (κ1) is 30.1. The van der Waals surface area contributed by atoms with Gasteiger partial charge in [0.25, 0.3) is 11.8 Å². The number of halogens is 2. The molecule has 224 valence electrons. The number of amides is 2. The number of ether oxygens (including phenoxy) is 1. The zero-order valence-corrected chi connectivity index (χ0v) is 26.8. The van der Waals surface area contributed by atoms with E-state index in [1.807, 2.05) is 59.0 Å². The van der Waals surface area contributed by atoms with Gasteiger partial charge in [0.05, 0.1) is 39.3 Å². The zero-order chi connectivity index (χ0) is 30.6. The molecule has 0 spiro atoms. The van der Waals surface area contributed by atoms with Crippen LogP contribution in [-0.4, -0.2) is 67.1 Å². The lowest BCUT2D eigenvalue weighted by Crippen LogP contribution is -2.50. The van der Waals surface area contributed by atoms with E-state index in [1.165, 1.54) is 16.2 Å². The molecule has 5 rings (SSSR count). The van der Waals surface area contributed by atoms with E-state index in [0.29, 0.717) is 26.6 Å². The molecule has 0 saturated carbocycles. The van der Waals surface area contributed by atoms with E-state index in [9.17, 15) is 18.4 Å². The van der Waals surface area contributed by atoms with Gasteiger partial charge in [0.2, 0.25) is 0 Å². The number of likely N-dealkylation sites (tertiary alicyclic amines) is 1. The fourth-order valence-electron chi connectivity index (χ4n) is 5.65. The SMILES string of the molecule is CNC(=O)n1c(C)cc2cc(Oc3ccnc4cc(C(=O)N5CC(F)(F)CC5C(O[SiH](C)C)C(C)(C)C)sc34)ccc21. The second kappa shape index (κ2) is 11.0. The Labute approximate surface area is 249 Å². The van der Waals surface area contributed by atoms with Gasteiger partial charge in [-0.05, 0) is 55.8 Å². The van der Waals surface area contributed by atoms with E-state index in [-0.39, 0.29) is 6.03 Å². The molecule has 8 nitrogen and oxygen atoms in total. The minimum Gasteiger partial charge on any atom is -0.456 e. The Balaban J connectivity index is 1.46. The topological polar surface area (TPSA) is 85.7 Å². The summed E-state index contributed by atoms with van der Waals surface area (Å²) < 4.78 is 44.4. The molecule has 0 radical (unpaired) electrons. The second-order valence-electron chi connectivity index (χ2n) is 12.2. The number of pyridine rings is 1. The summed E-state index contributed by atoms with van der Waals surface area (Å²) in [6, 6.07) is 9.71. The summed E-state index contributed by atoms with van der Waals surface area (Å²) in [7, 11) is 0.00480. The van der Waals surface area contributed by atoms with Crippen molar-refractivity contribution in [2.45, 2.75) is 65.3 Å². The third kappa shape index (κ3) is 5.79. The number of carbonyl (C=O) groups excluding carboxylic acids is 2. The van der Waals surface area contributed by atoms with Crippen LogP contribution in [0, 0.1) is 12.3 Å². The first-order valence-electron chi connectivity index (χ1n) is 13.9. The minimum absolute atomic E-state index is 0.229. The molecule has 4 aromatic rings. The highest BCUT2D eigenvalue weighted by Gasteiger charge is 2.52. The highest BCUT2D eigenvalue weighted by Crippen LogP contribution is 2.42. The van der Waals surface area contributed by atoms with Crippen molar-refractivity contribution in [2.24, 2.45) is 5.41 Å². The van der Waals surface area contributed by atoms with Crippen molar-refractivity contribution in [3.63, 3.8) is 0 Å². The molecule has 1 aliphatic rings. The van der Waals surface area contributed by atoms with E-state index in [0.717, 1.165) is 16.6 Å². The van der Waals surface area contributed by atoms with Crippen LogP contribution < -0.4 is 10.1 Å². The van der Waals surface area contributed by atoms with Gasteiger partial charge < -0.3 is 19.4 Å². The fraction of sp³-hybridized carbons (Fsp3) is 0.433. The Bertz CT molecular complexity index is 1660. The average Bonchev–Trinajstić information content (AvgIpc) is 3.58. The minimum atomic E-state index is -3.00. The van der Waals surface area contributed by atoms with Gasteiger partial charge in [0.15, 0.2) is 9.04 Å². The molecule has 0 aliphatic carbocycles. The van der Waals surface area contributed by atoms with Crippen LogP contribution in [0.4, 0.5) is 13.6 Å². The third-order valence-electron chi connectivity index (χ3n) is 7.38. The van der Waals surface area contributed by atoms with E-state index >= 15 is 0 Å². The van der Waals surface area contributed by atoms with E-state index in [1.54, 1.807) is 36.0 Å². The van der Waals surface area contributed by atoms with Gasteiger partial charge in [0, 0.05) is 36.8 Å². The largest absolute Gasteiger partial charge is 0.456 e. The lowest BCUT2D eigenvalue weighted by molar-refractivity contribution is 0.00419. The smallest absolute Gasteiger partial charge is 0.325 e. The monoisotopic (exact) mass is 614 g/mol. The number of aryl methyl sites for hydroxylation is 1. The average molecular weight is 615 g/mol. The highest BCUT2D eigenvalue weighted by molar-refractivity contribution is 7.21. The number of nitrogens with zero attached hydrogens (tertiary/aromatic N) is 3. The normalized spacial score (nSPS) is 17.8. The van der Waals surface area contributed by atoms with Crippen LogP contribution in [0.1, 0.15) is 42.6 Å². The Morgan fingerprint density at radius 1 is 1.19 bits per heavy atom. The van der Waals surface area contributed by atoms with Gasteiger partial charge in [-0.15, -0.1) is 11.3 Å². The van der Waals surface area contributed by atoms with E-state index in [2.05, 4.69) is 10.3 Å². The van der Waals surface area contributed by atoms with Crippen molar-refractivity contribution in [3.8, 4) is 11.5 Å². The number of carbonyl (C=O) groups is 2. The van der Waals surface area contributed by atoms with Crippen molar-refractivity contribution in [1.82, 2.24) is 19.8 Å². The summed E-state index contributed by atoms with van der Waals surface area (Å²) in [5, 5.41) is 3.48. The Kier molecular flexibility index (Phi) is 7.92. The van der Waals surface area contributed by atoms with Crippen LogP contribution >= 0.6 is 11.3 Å². The molecule has 1 N–H and O–H groups in total. The lowest BCUT2D eigenvalue weighted by Gasteiger charge is -2.40. The number of thiophene rings is 1. The maximum absolute atomic E-state index is 14.8. The van der Waals surface area contributed by atoms with Crippen LogP contribution in [0.15, 0.2) is 42.6 Å². The van der Waals surface area contributed by atoms with Crippen LogP contribution in [0.5, 0.6) is 11.5 Å². The van der Waals surface area contributed by atoms with Crippen LogP contribution in [0.2, 0.25) is 13.1 Å². The van der Waals surface area contributed by atoms with Crippen molar-refractivity contribution in [3.05, 3.63) is 53.2 Å². The first-order chi connectivity index (χ1) is 19.7. The molecule has 1 aliphatic heterocycles. The van der Waals surface area contributed by atoms with Crippen LogP contribution in [-0.2, 0) is 4.43 Å². The summed E-state index contributed by atoms with van der Waals surface area (Å²) >= 11 is 1.18. The number of hydrogen-bond acceptors (Lipinski definition) is 6. The van der Waals surface area contributed by atoms with E-state index < -0.39 is 51.4 Å². The van der Waals surface area contributed by atoms with Crippen LogP contribution in [0.25, 0.3) is 21.1 Å². The molecule has 12 heteroatoms. The van der Waals surface area contributed by atoms with Crippen molar-refractivity contribution in [2.75, 3.05) is 13.6 Å². The van der Waals surface area contributed by atoms with Gasteiger partial charge in [-0.25, -0.2) is 13.6 Å². The maximum atomic E-state index is 14.8. The van der Waals surface area contributed by atoms with Crippen molar-refractivity contribution >= 4 is 53.4 Å². The number of benzene rings is 1. The maximum Gasteiger partial charge on any atom is 0.325 e. The first-order valence-corrected chi connectivity index (χ1v) is 17.5. The van der Waals surface area contributed by atoms with Gasteiger partial charge in [-0.3, -0.25) is 14.3 Å². The molecule has 2 unspecified atom stereocenters. The molecular weight excluding hydrogens is 579 g/mol. The standard InChI is InChI=1S/C30H36F2N4O4SSi/c1-17-12-18-13-19(8-9-21(18)36(17)28(38)33-5)39-23-10-11-34-20-14-24(41-25(20)23)27(37)35-16-30(31,32)15-22(35)26(29(2,3)4)40-42(6)7/h8-14,22,26,42H,15-16H2,1-7H3,(H,33,38). The molecule has 1 saturated heterocycles. The molecule has 42 heavy (non-hydrogen) atoms. The Morgan fingerprint density at radius 3 is 2.60 bits per heavy atom. The number of aromatic nitrogens is 2. The zero-order valence-electron chi connectivity index (χ0n) is 24.8. The third-order valence-corrected chi connectivity index (χ3v) is 9.35. The molecule has 3 aromatic heterocycles. The quantitative estimate of drug-likeness (QED) is 0.242. The summed E-state index contributed by atoms with van der Waals surface area (Å²) in [5.41, 5.74) is 1.65. The summed E-state index contributed by atoms with van der Waals surface area (Å²) in [6.45, 7) is 11.1. The van der Waals surface area contributed by atoms with Gasteiger partial charge >= 0.3 is 6.03 Å². The Hall–Kier alpha value is -3.35. The second-order valence-corrected chi connectivity index (χ2v) is 15.6. The molecule has 2 atom stereocenters. The molecule has 1 aromatic carbocycles. The number of hydrogen-bond donors (Lipinski definition) is 1. The molecule has 0 bridgehead atoms. The van der Waals surface area contributed by atoms with Crippen LogP contribution in [0.3, 0.4) is 0 Å². The predicted molar refractivity (Wildman–Crippen MR) is 164 cm³/mol. The van der Waals surface area contributed by atoms with Gasteiger partial charge in [-0.1, -0.05) is 20.8 Å². The van der Waals surface area contributed by atoms with Crippen molar-refractivity contribution < 1.29 is 27.5 Å². The molecule has 2 amide bonds.